The van der Waals surface area contributed by atoms with Gasteiger partial charge < -0.3 is 19.3 Å². The Morgan fingerprint density at radius 1 is 1.05 bits per heavy atom. The van der Waals surface area contributed by atoms with Crippen LogP contribution < -0.4 is 19.5 Å². The summed E-state index contributed by atoms with van der Waals surface area (Å²) in [6.07, 6.45) is 0.530. The number of nitrogens with zero attached hydrogens (tertiary/aromatic N) is 4. The largest absolute Gasteiger partial charge is 0.497 e. The van der Waals surface area contributed by atoms with Crippen molar-refractivity contribution in [2.45, 2.75) is 26.3 Å². The summed E-state index contributed by atoms with van der Waals surface area (Å²) in [5, 5.41) is 7.00. The molecule has 0 bridgehead atoms. The van der Waals surface area contributed by atoms with Crippen LogP contribution in [-0.2, 0) is 16.0 Å². The number of esters is 1. The highest BCUT2D eigenvalue weighted by Crippen LogP contribution is 2.49. The first kappa shape index (κ1) is 26.2. The van der Waals surface area contributed by atoms with Crippen LogP contribution in [0.15, 0.2) is 71.8 Å². The van der Waals surface area contributed by atoms with Crippen LogP contribution in [0.1, 0.15) is 29.8 Å². The zero-order valence-corrected chi connectivity index (χ0v) is 23.5. The molecule has 3 heterocycles. The quantitative estimate of drug-likeness (QED) is 0.401. The molecule has 8 nitrogen and oxygen atoms in total. The van der Waals surface area contributed by atoms with E-state index in [0.29, 0.717) is 35.8 Å². The fourth-order valence-electron chi connectivity index (χ4n) is 6.24. The molecule has 3 aliphatic heterocycles. The Balaban J connectivity index is 1.38. The van der Waals surface area contributed by atoms with E-state index in [1.165, 1.54) is 5.01 Å². The number of fused-ring (bicyclic) bond motifs is 4. The second-order valence-electron chi connectivity index (χ2n) is 10.3. The van der Waals surface area contributed by atoms with E-state index in [9.17, 15) is 9.59 Å². The van der Waals surface area contributed by atoms with Gasteiger partial charge in [-0.3, -0.25) is 4.79 Å². The number of halogens is 1. The summed E-state index contributed by atoms with van der Waals surface area (Å²) in [5.74, 6) is 0.344. The smallest absolute Gasteiger partial charge is 0.338 e. The number of hydrogen-bond donors (Lipinski definition) is 0. The summed E-state index contributed by atoms with van der Waals surface area (Å²) in [6.45, 7) is 6.21. The number of methoxy groups -OCH3 is 1. The average Bonchev–Trinajstić information content (AvgIpc) is 3.23. The van der Waals surface area contributed by atoms with E-state index in [2.05, 4.69) is 21.9 Å². The van der Waals surface area contributed by atoms with Crippen molar-refractivity contribution in [1.29, 1.82) is 0 Å². The highest BCUT2D eigenvalue weighted by atomic mass is 35.5. The monoisotopic (exact) mass is 558 g/mol. The predicted molar refractivity (Wildman–Crippen MR) is 157 cm³/mol. The number of hydrazone groups is 1. The molecule has 3 aliphatic rings. The zero-order valence-electron chi connectivity index (χ0n) is 22.8. The Morgan fingerprint density at radius 2 is 1.77 bits per heavy atom. The van der Waals surface area contributed by atoms with Crippen molar-refractivity contribution in [3.05, 3.63) is 82.9 Å². The molecule has 40 heavy (non-hydrogen) atoms. The maximum Gasteiger partial charge on any atom is 0.338 e. The van der Waals surface area contributed by atoms with Crippen molar-refractivity contribution in [3.8, 4) is 5.75 Å². The molecular formula is C31H31ClN4O4. The van der Waals surface area contributed by atoms with Gasteiger partial charge >= 0.3 is 5.97 Å². The van der Waals surface area contributed by atoms with E-state index < -0.39 is 11.4 Å². The van der Waals surface area contributed by atoms with E-state index in [4.69, 9.17) is 26.2 Å². The SMILES string of the molecule is CCOC(=O)c1ccc(N2N=C(C)[C@]3(Cc4ccc(Cl)cc4N4CCN(c5ccc(OC)cc5)C[C@H]43)C2=O)cc1. The van der Waals surface area contributed by atoms with Crippen LogP contribution in [0.4, 0.5) is 17.1 Å². The third kappa shape index (κ3) is 4.18. The molecule has 3 aromatic carbocycles. The third-order valence-electron chi connectivity index (χ3n) is 8.31. The minimum Gasteiger partial charge on any atom is -0.497 e. The van der Waals surface area contributed by atoms with Gasteiger partial charge in [0.05, 0.1) is 36.7 Å². The van der Waals surface area contributed by atoms with Crippen LogP contribution in [0.3, 0.4) is 0 Å². The lowest BCUT2D eigenvalue weighted by Crippen LogP contribution is -2.67. The lowest BCUT2D eigenvalue weighted by Gasteiger charge is -2.53. The average molecular weight is 559 g/mol. The first-order valence-corrected chi connectivity index (χ1v) is 13.8. The molecule has 0 unspecified atom stereocenters. The summed E-state index contributed by atoms with van der Waals surface area (Å²) in [7, 11) is 1.66. The van der Waals surface area contributed by atoms with Crippen molar-refractivity contribution < 1.29 is 19.1 Å². The maximum absolute atomic E-state index is 14.5. The summed E-state index contributed by atoms with van der Waals surface area (Å²) in [6, 6.07) is 20.7. The lowest BCUT2D eigenvalue weighted by atomic mass is 9.67. The van der Waals surface area contributed by atoms with Crippen LogP contribution in [0.2, 0.25) is 5.02 Å². The van der Waals surface area contributed by atoms with Crippen LogP contribution in [-0.4, -0.2) is 57.0 Å². The molecule has 0 saturated carbocycles. The number of piperazine rings is 1. The van der Waals surface area contributed by atoms with Crippen molar-refractivity contribution in [2.75, 3.05) is 48.2 Å². The van der Waals surface area contributed by atoms with E-state index in [1.807, 2.05) is 37.3 Å². The highest BCUT2D eigenvalue weighted by molar-refractivity contribution is 6.31. The number of carbonyl (C=O) groups is 2. The van der Waals surface area contributed by atoms with Gasteiger partial charge in [0.2, 0.25) is 0 Å². The van der Waals surface area contributed by atoms with E-state index in [0.717, 1.165) is 41.5 Å². The van der Waals surface area contributed by atoms with Crippen molar-refractivity contribution in [2.24, 2.45) is 10.5 Å². The lowest BCUT2D eigenvalue weighted by molar-refractivity contribution is -0.125. The summed E-state index contributed by atoms with van der Waals surface area (Å²) in [4.78, 5) is 31.3. The van der Waals surface area contributed by atoms with Gasteiger partial charge in [0.25, 0.3) is 5.91 Å². The first-order chi connectivity index (χ1) is 19.3. The molecule has 206 valence electrons. The molecule has 3 aromatic rings. The van der Waals surface area contributed by atoms with Gasteiger partial charge in [-0.1, -0.05) is 17.7 Å². The molecular weight excluding hydrogens is 528 g/mol. The van der Waals surface area contributed by atoms with E-state index in [-0.39, 0.29) is 11.9 Å². The standard InChI is InChI=1S/C31H31ClN4O4/c1-4-40-29(37)21-6-9-25(10-7-21)36-30(38)31(20(2)33-36)18-22-5-8-23(32)17-27(22)35-16-15-34(19-28(31)35)24-11-13-26(39-3)14-12-24/h5-14,17,28H,4,15-16,18-19H2,1-3H3/t28-,31-/m0/s1. The van der Waals surface area contributed by atoms with Crippen LogP contribution in [0.25, 0.3) is 0 Å². The first-order valence-electron chi connectivity index (χ1n) is 13.5. The summed E-state index contributed by atoms with van der Waals surface area (Å²) >= 11 is 6.45. The topological polar surface area (TPSA) is 74.7 Å². The van der Waals surface area contributed by atoms with E-state index in [1.54, 1.807) is 38.3 Å². The molecule has 6 rings (SSSR count). The minimum absolute atomic E-state index is 0.0685. The maximum atomic E-state index is 14.5. The molecule has 1 saturated heterocycles. The Morgan fingerprint density at radius 3 is 2.48 bits per heavy atom. The molecule has 1 fully saturated rings. The highest BCUT2D eigenvalue weighted by Gasteiger charge is 2.60. The number of anilines is 3. The van der Waals surface area contributed by atoms with Crippen molar-refractivity contribution >= 4 is 46.3 Å². The number of rotatable bonds is 5. The fraction of sp³-hybridized carbons (Fsp3) is 0.323. The van der Waals surface area contributed by atoms with Crippen LogP contribution in [0.5, 0.6) is 5.75 Å². The molecule has 0 radical (unpaired) electrons. The predicted octanol–water partition coefficient (Wildman–Crippen LogP) is 5.19. The molecule has 0 aliphatic carbocycles. The molecule has 0 aromatic heterocycles. The molecule has 0 N–H and O–H groups in total. The Labute approximate surface area is 238 Å². The molecule has 9 heteroatoms. The van der Waals surface area contributed by atoms with Crippen LogP contribution >= 0.6 is 11.6 Å². The number of hydrogen-bond acceptors (Lipinski definition) is 7. The Kier molecular flexibility index (Phi) is 6.66. The summed E-state index contributed by atoms with van der Waals surface area (Å²) < 4.78 is 10.5. The van der Waals surface area contributed by atoms with Crippen LogP contribution in [0, 0.1) is 5.41 Å². The second-order valence-corrected chi connectivity index (χ2v) is 10.8. The van der Waals surface area contributed by atoms with Gasteiger partial charge in [-0.2, -0.15) is 10.1 Å². The normalized spacial score (nSPS) is 21.7. The Bertz CT molecular complexity index is 1490. The van der Waals surface area contributed by atoms with Gasteiger partial charge in [-0.25, -0.2) is 4.79 Å². The number of ether oxygens (including phenoxy) is 2. The second kappa shape index (κ2) is 10.2. The summed E-state index contributed by atoms with van der Waals surface area (Å²) in [5.41, 5.74) is 4.22. The van der Waals surface area contributed by atoms with Gasteiger partial charge in [0.1, 0.15) is 11.2 Å². The third-order valence-corrected chi connectivity index (χ3v) is 8.54. The molecule has 2 atom stereocenters. The van der Waals surface area contributed by atoms with Crippen molar-refractivity contribution in [3.63, 3.8) is 0 Å². The number of amides is 1. The Hall–Kier alpha value is -4.04. The number of carbonyl (C=O) groups excluding carboxylic acids is 2. The van der Waals surface area contributed by atoms with Gasteiger partial charge in [0, 0.05) is 36.0 Å². The van der Waals surface area contributed by atoms with E-state index >= 15 is 0 Å². The van der Waals surface area contributed by atoms with Gasteiger partial charge in [0.15, 0.2) is 0 Å². The van der Waals surface area contributed by atoms with Crippen molar-refractivity contribution in [1.82, 2.24) is 0 Å². The zero-order chi connectivity index (χ0) is 28.0. The number of benzene rings is 3. The molecule has 1 amide bonds. The minimum atomic E-state index is -0.855. The van der Waals surface area contributed by atoms with Gasteiger partial charge in [-0.15, -0.1) is 0 Å². The fourth-order valence-corrected chi connectivity index (χ4v) is 6.40. The molecule has 1 spiro atoms. The van der Waals surface area contributed by atoms with Gasteiger partial charge in [-0.05, 0) is 86.5 Å².